The van der Waals surface area contributed by atoms with Crippen LogP contribution in [0.2, 0.25) is 5.02 Å². The SMILES string of the molecule is Cc1cccc(Cl)c1NC(=O)NC(N)=NC(C)C. The highest BCUT2D eigenvalue weighted by molar-refractivity contribution is 6.34. The number of carbonyl (C=O) groups is 1. The molecule has 1 rings (SSSR count). The summed E-state index contributed by atoms with van der Waals surface area (Å²) < 4.78 is 0. The van der Waals surface area contributed by atoms with E-state index in [1.54, 1.807) is 6.07 Å². The molecule has 0 unspecified atom stereocenters. The van der Waals surface area contributed by atoms with E-state index in [2.05, 4.69) is 15.6 Å². The molecule has 0 aromatic heterocycles. The quantitative estimate of drug-likeness (QED) is 0.569. The van der Waals surface area contributed by atoms with Crippen LogP contribution in [-0.2, 0) is 0 Å². The number of halogens is 1. The number of amides is 2. The number of benzene rings is 1. The Morgan fingerprint density at radius 1 is 1.44 bits per heavy atom. The van der Waals surface area contributed by atoms with E-state index < -0.39 is 6.03 Å². The van der Waals surface area contributed by atoms with Crippen molar-refractivity contribution >= 4 is 29.3 Å². The van der Waals surface area contributed by atoms with Gasteiger partial charge in [-0.3, -0.25) is 10.3 Å². The second-order valence-corrected chi connectivity index (χ2v) is 4.53. The van der Waals surface area contributed by atoms with Gasteiger partial charge in [0.25, 0.3) is 0 Å². The topological polar surface area (TPSA) is 79.5 Å². The molecule has 0 aliphatic carbocycles. The van der Waals surface area contributed by atoms with E-state index in [1.807, 2.05) is 32.9 Å². The Kier molecular flexibility index (Phi) is 4.97. The smallest absolute Gasteiger partial charge is 0.326 e. The Labute approximate surface area is 111 Å². The van der Waals surface area contributed by atoms with Gasteiger partial charge in [0.1, 0.15) is 0 Å². The first-order chi connectivity index (χ1) is 8.40. The van der Waals surface area contributed by atoms with E-state index in [1.165, 1.54) is 0 Å². The number of hydrogen-bond acceptors (Lipinski definition) is 2. The third-order valence-electron chi connectivity index (χ3n) is 2.10. The van der Waals surface area contributed by atoms with Gasteiger partial charge in [0, 0.05) is 6.04 Å². The monoisotopic (exact) mass is 268 g/mol. The van der Waals surface area contributed by atoms with Crippen LogP contribution in [-0.4, -0.2) is 18.0 Å². The van der Waals surface area contributed by atoms with Gasteiger partial charge in [-0.05, 0) is 32.4 Å². The molecule has 4 N–H and O–H groups in total. The fourth-order valence-corrected chi connectivity index (χ4v) is 1.63. The normalized spacial score (nSPS) is 11.5. The van der Waals surface area contributed by atoms with Crippen molar-refractivity contribution in [2.24, 2.45) is 10.7 Å². The number of nitrogens with zero attached hydrogens (tertiary/aromatic N) is 1. The molecule has 98 valence electrons. The van der Waals surface area contributed by atoms with Crippen LogP contribution >= 0.6 is 11.6 Å². The third-order valence-corrected chi connectivity index (χ3v) is 2.41. The average molecular weight is 269 g/mol. The Hall–Kier alpha value is -1.75. The molecule has 0 radical (unpaired) electrons. The van der Waals surface area contributed by atoms with Crippen LogP contribution in [0, 0.1) is 6.92 Å². The number of rotatable bonds is 2. The lowest BCUT2D eigenvalue weighted by molar-refractivity contribution is 0.256. The van der Waals surface area contributed by atoms with Gasteiger partial charge in [0.15, 0.2) is 5.96 Å². The summed E-state index contributed by atoms with van der Waals surface area (Å²) in [5, 5.41) is 5.55. The minimum absolute atomic E-state index is 0.0207. The van der Waals surface area contributed by atoms with E-state index in [0.29, 0.717) is 10.7 Å². The number of nitrogens with one attached hydrogen (secondary N) is 2. The number of aliphatic imine (C=N–C) groups is 1. The first-order valence-electron chi connectivity index (χ1n) is 5.56. The van der Waals surface area contributed by atoms with Crippen molar-refractivity contribution in [1.82, 2.24) is 5.32 Å². The highest BCUT2D eigenvalue weighted by Crippen LogP contribution is 2.24. The molecular formula is C12H17ClN4O. The summed E-state index contributed by atoms with van der Waals surface area (Å²) in [4.78, 5) is 15.7. The molecule has 1 aromatic carbocycles. The predicted octanol–water partition coefficient (Wildman–Crippen LogP) is 2.49. The first-order valence-corrected chi connectivity index (χ1v) is 5.94. The van der Waals surface area contributed by atoms with Crippen molar-refractivity contribution in [3.63, 3.8) is 0 Å². The van der Waals surface area contributed by atoms with Gasteiger partial charge in [-0.2, -0.15) is 0 Å². The maximum Gasteiger partial charge on any atom is 0.326 e. The lowest BCUT2D eigenvalue weighted by atomic mass is 10.2. The number of urea groups is 1. The van der Waals surface area contributed by atoms with Crippen LogP contribution in [0.5, 0.6) is 0 Å². The van der Waals surface area contributed by atoms with Crippen molar-refractivity contribution < 1.29 is 4.79 Å². The number of guanidine groups is 1. The third kappa shape index (κ3) is 4.25. The van der Waals surface area contributed by atoms with Gasteiger partial charge < -0.3 is 11.1 Å². The molecule has 0 aliphatic heterocycles. The molecule has 5 nitrogen and oxygen atoms in total. The minimum Gasteiger partial charge on any atom is -0.370 e. The van der Waals surface area contributed by atoms with Crippen molar-refractivity contribution in [2.75, 3.05) is 5.32 Å². The van der Waals surface area contributed by atoms with E-state index in [9.17, 15) is 4.79 Å². The van der Waals surface area contributed by atoms with Crippen LogP contribution in [0.3, 0.4) is 0 Å². The predicted molar refractivity (Wildman–Crippen MR) is 75.1 cm³/mol. The first kappa shape index (κ1) is 14.3. The fraction of sp³-hybridized carbons (Fsp3) is 0.333. The van der Waals surface area contributed by atoms with Crippen LogP contribution in [0.1, 0.15) is 19.4 Å². The van der Waals surface area contributed by atoms with Gasteiger partial charge in [-0.15, -0.1) is 0 Å². The molecule has 0 saturated heterocycles. The van der Waals surface area contributed by atoms with E-state index >= 15 is 0 Å². The number of para-hydroxylation sites is 1. The zero-order valence-corrected chi connectivity index (χ0v) is 11.4. The van der Waals surface area contributed by atoms with Crippen molar-refractivity contribution in [3.8, 4) is 0 Å². The summed E-state index contributed by atoms with van der Waals surface area (Å²) >= 11 is 5.99. The Morgan fingerprint density at radius 2 is 2.11 bits per heavy atom. The summed E-state index contributed by atoms with van der Waals surface area (Å²) in [5.74, 6) is 0.0761. The summed E-state index contributed by atoms with van der Waals surface area (Å²) in [6.07, 6.45) is 0. The Bertz CT molecular complexity index is 451. The lowest BCUT2D eigenvalue weighted by Gasteiger charge is -2.11. The molecule has 2 amide bonds. The molecule has 0 aliphatic rings. The number of hydrogen-bond donors (Lipinski definition) is 3. The zero-order valence-electron chi connectivity index (χ0n) is 10.6. The van der Waals surface area contributed by atoms with Gasteiger partial charge in [-0.25, -0.2) is 4.79 Å². The highest BCUT2D eigenvalue weighted by Gasteiger charge is 2.08. The molecule has 18 heavy (non-hydrogen) atoms. The van der Waals surface area contributed by atoms with Gasteiger partial charge >= 0.3 is 6.03 Å². The zero-order chi connectivity index (χ0) is 13.7. The Morgan fingerprint density at radius 3 is 2.67 bits per heavy atom. The summed E-state index contributed by atoms with van der Waals surface area (Å²) in [6, 6.07) is 4.93. The summed E-state index contributed by atoms with van der Waals surface area (Å²) in [7, 11) is 0. The maximum absolute atomic E-state index is 11.7. The minimum atomic E-state index is -0.465. The lowest BCUT2D eigenvalue weighted by Crippen LogP contribution is -2.40. The molecule has 0 atom stereocenters. The second-order valence-electron chi connectivity index (χ2n) is 4.12. The van der Waals surface area contributed by atoms with Crippen LogP contribution in [0.15, 0.2) is 23.2 Å². The van der Waals surface area contributed by atoms with Gasteiger partial charge in [0.2, 0.25) is 0 Å². The molecule has 6 heteroatoms. The number of aryl methyl sites for hydroxylation is 1. The highest BCUT2D eigenvalue weighted by atomic mass is 35.5. The summed E-state index contributed by atoms with van der Waals surface area (Å²) in [6.45, 7) is 5.59. The van der Waals surface area contributed by atoms with Crippen molar-refractivity contribution in [3.05, 3.63) is 28.8 Å². The molecule has 0 saturated carbocycles. The van der Waals surface area contributed by atoms with E-state index in [-0.39, 0.29) is 12.0 Å². The number of nitrogens with two attached hydrogens (primary N) is 1. The second kappa shape index (κ2) is 6.26. The molecule has 1 aromatic rings. The van der Waals surface area contributed by atoms with Crippen molar-refractivity contribution in [1.29, 1.82) is 0 Å². The van der Waals surface area contributed by atoms with E-state index in [4.69, 9.17) is 17.3 Å². The average Bonchev–Trinajstić information content (AvgIpc) is 2.22. The molecular weight excluding hydrogens is 252 g/mol. The molecule has 0 fully saturated rings. The van der Waals surface area contributed by atoms with Gasteiger partial charge in [-0.1, -0.05) is 23.7 Å². The number of carbonyl (C=O) groups excluding carboxylic acids is 1. The largest absolute Gasteiger partial charge is 0.370 e. The molecule has 0 bridgehead atoms. The van der Waals surface area contributed by atoms with Crippen LogP contribution < -0.4 is 16.4 Å². The Balaban J connectivity index is 2.71. The molecule has 0 heterocycles. The standard InChI is InChI=1S/C12H17ClN4O/c1-7(2)15-11(14)17-12(18)16-10-8(3)5-4-6-9(10)13/h4-7H,1-3H3,(H4,14,15,16,17,18). The fourth-order valence-electron chi connectivity index (χ4n) is 1.36. The van der Waals surface area contributed by atoms with Gasteiger partial charge in [0.05, 0.1) is 10.7 Å². The summed E-state index contributed by atoms with van der Waals surface area (Å²) in [5.41, 5.74) is 6.99. The van der Waals surface area contributed by atoms with Crippen molar-refractivity contribution in [2.45, 2.75) is 26.8 Å². The van der Waals surface area contributed by atoms with E-state index in [0.717, 1.165) is 5.56 Å². The maximum atomic E-state index is 11.7. The van der Waals surface area contributed by atoms with Crippen LogP contribution in [0.4, 0.5) is 10.5 Å². The number of anilines is 1. The van der Waals surface area contributed by atoms with Crippen LogP contribution in [0.25, 0.3) is 0 Å². The molecule has 0 spiro atoms.